The molecule has 0 bridgehead atoms. The molecule has 1 heterocycles. The van der Waals surface area contributed by atoms with Gasteiger partial charge in [-0.2, -0.15) is 0 Å². The van der Waals surface area contributed by atoms with Crippen molar-refractivity contribution in [2.24, 2.45) is 7.05 Å². The predicted molar refractivity (Wildman–Crippen MR) is 65.6 cm³/mol. The lowest BCUT2D eigenvalue weighted by atomic mass is 10.2. The molecule has 0 saturated heterocycles. The highest BCUT2D eigenvalue weighted by Gasteiger charge is 2.23. The van der Waals surface area contributed by atoms with E-state index in [2.05, 4.69) is 10.3 Å². The molecule has 0 aromatic carbocycles. The Kier molecular flexibility index (Phi) is 5.05. The van der Waals surface area contributed by atoms with E-state index < -0.39 is 11.0 Å². The number of nitro groups is 1. The standard InChI is InChI=1S/C10H18N4O4/c1-7-12-10(14(16)17)9(13(7)2)11-5-4-8(15)6-18-3/h8,11,15H,4-6H2,1-3H3. The van der Waals surface area contributed by atoms with E-state index in [1.165, 1.54) is 7.11 Å². The number of aliphatic hydroxyl groups excluding tert-OH is 1. The minimum absolute atomic E-state index is 0.198. The largest absolute Gasteiger partial charge is 0.406 e. The van der Waals surface area contributed by atoms with Crippen molar-refractivity contribution in [3.63, 3.8) is 0 Å². The van der Waals surface area contributed by atoms with Crippen molar-refractivity contribution >= 4 is 11.6 Å². The smallest absolute Gasteiger partial charge is 0.391 e. The van der Waals surface area contributed by atoms with Crippen LogP contribution in [0.25, 0.3) is 0 Å². The average molecular weight is 258 g/mol. The van der Waals surface area contributed by atoms with Gasteiger partial charge in [-0.1, -0.05) is 0 Å². The van der Waals surface area contributed by atoms with Crippen molar-refractivity contribution in [2.75, 3.05) is 25.6 Å². The Morgan fingerprint density at radius 1 is 1.67 bits per heavy atom. The number of anilines is 1. The molecular formula is C10H18N4O4. The van der Waals surface area contributed by atoms with Gasteiger partial charge in [0.25, 0.3) is 0 Å². The third-order valence-electron chi connectivity index (χ3n) is 2.60. The molecular weight excluding hydrogens is 240 g/mol. The average Bonchev–Trinajstić information content (AvgIpc) is 2.57. The molecule has 18 heavy (non-hydrogen) atoms. The Hall–Kier alpha value is -1.67. The first-order chi connectivity index (χ1) is 8.47. The Morgan fingerprint density at radius 2 is 2.33 bits per heavy atom. The van der Waals surface area contributed by atoms with Gasteiger partial charge in [-0.15, -0.1) is 0 Å². The summed E-state index contributed by atoms with van der Waals surface area (Å²) in [6.45, 7) is 2.34. The topological polar surface area (TPSA) is 102 Å². The van der Waals surface area contributed by atoms with Crippen LogP contribution >= 0.6 is 0 Å². The molecule has 1 unspecified atom stereocenters. The van der Waals surface area contributed by atoms with E-state index in [0.29, 0.717) is 24.6 Å². The summed E-state index contributed by atoms with van der Waals surface area (Å²) in [6.07, 6.45) is -0.147. The molecule has 1 rings (SSSR count). The van der Waals surface area contributed by atoms with Gasteiger partial charge in [0.15, 0.2) is 0 Å². The maximum Gasteiger partial charge on any atom is 0.406 e. The van der Waals surface area contributed by atoms with Crippen molar-refractivity contribution < 1.29 is 14.8 Å². The summed E-state index contributed by atoms with van der Waals surface area (Å²) in [5.74, 6) is 0.708. The SMILES string of the molecule is COCC(O)CCNc1c([N+](=O)[O-])nc(C)n1C. The molecule has 0 saturated carbocycles. The summed E-state index contributed by atoms with van der Waals surface area (Å²) < 4.78 is 6.40. The molecule has 1 aromatic rings. The van der Waals surface area contributed by atoms with Gasteiger partial charge in [-0.05, 0) is 16.3 Å². The lowest BCUT2D eigenvalue weighted by Crippen LogP contribution is -2.19. The minimum atomic E-state index is -0.587. The van der Waals surface area contributed by atoms with Crippen LogP contribution in [0.5, 0.6) is 0 Å². The van der Waals surface area contributed by atoms with E-state index >= 15 is 0 Å². The van der Waals surface area contributed by atoms with Gasteiger partial charge in [0.2, 0.25) is 11.6 Å². The first kappa shape index (κ1) is 14.4. The maximum absolute atomic E-state index is 10.8. The van der Waals surface area contributed by atoms with E-state index in [-0.39, 0.29) is 12.4 Å². The van der Waals surface area contributed by atoms with Gasteiger partial charge in [0.1, 0.15) is 0 Å². The van der Waals surface area contributed by atoms with E-state index in [0.717, 1.165) is 0 Å². The number of ether oxygens (including phenoxy) is 1. The summed E-state index contributed by atoms with van der Waals surface area (Å²) >= 11 is 0. The van der Waals surface area contributed by atoms with E-state index in [4.69, 9.17) is 4.74 Å². The maximum atomic E-state index is 10.8. The lowest BCUT2D eigenvalue weighted by molar-refractivity contribution is -0.388. The van der Waals surface area contributed by atoms with Crippen LogP contribution in [0.1, 0.15) is 12.2 Å². The summed E-state index contributed by atoms with van der Waals surface area (Å²) in [6, 6.07) is 0. The first-order valence-electron chi connectivity index (χ1n) is 5.56. The van der Waals surface area contributed by atoms with E-state index in [1.54, 1.807) is 18.5 Å². The molecule has 8 nitrogen and oxygen atoms in total. The molecule has 0 amide bonds. The number of aryl methyl sites for hydroxylation is 1. The van der Waals surface area contributed by atoms with Crippen LogP contribution in [0.3, 0.4) is 0 Å². The number of aromatic nitrogens is 2. The first-order valence-corrected chi connectivity index (χ1v) is 5.56. The number of hydrogen-bond acceptors (Lipinski definition) is 6. The number of rotatable bonds is 7. The summed E-state index contributed by atoms with van der Waals surface area (Å²) in [7, 11) is 3.20. The lowest BCUT2D eigenvalue weighted by Gasteiger charge is -2.10. The normalized spacial score (nSPS) is 12.4. The molecule has 0 aliphatic rings. The predicted octanol–water partition coefficient (Wildman–Crippen LogP) is 0.446. The zero-order valence-electron chi connectivity index (χ0n) is 10.7. The third kappa shape index (κ3) is 3.41. The molecule has 2 N–H and O–H groups in total. The van der Waals surface area contributed by atoms with Gasteiger partial charge in [0.05, 0.1) is 12.7 Å². The monoisotopic (exact) mass is 258 g/mol. The number of nitrogens with one attached hydrogen (secondary N) is 1. The highest BCUT2D eigenvalue weighted by molar-refractivity contribution is 5.53. The molecule has 102 valence electrons. The fraction of sp³-hybridized carbons (Fsp3) is 0.700. The molecule has 0 aliphatic carbocycles. The van der Waals surface area contributed by atoms with Crippen LogP contribution in [-0.4, -0.2) is 45.9 Å². The highest BCUT2D eigenvalue weighted by atomic mass is 16.6. The third-order valence-corrected chi connectivity index (χ3v) is 2.60. The van der Waals surface area contributed by atoms with Gasteiger partial charge in [-0.25, -0.2) is 0 Å². The van der Waals surface area contributed by atoms with E-state index in [9.17, 15) is 15.2 Å². The number of aliphatic hydroxyl groups is 1. The second-order valence-electron chi connectivity index (χ2n) is 3.97. The van der Waals surface area contributed by atoms with Crippen molar-refractivity contribution in [3.05, 3.63) is 15.9 Å². The van der Waals surface area contributed by atoms with Crippen LogP contribution in [0.4, 0.5) is 11.6 Å². The fourth-order valence-electron chi connectivity index (χ4n) is 1.55. The fourth-order valence-corrected chi connectivity index (χ4v) is 1.55. The number of hydrogen-bond donors (Lipinski definition) is 2. The molecule has 0 aliphatic heterocycles. The minimum Gasteiger partial charge on any atom is -0.391 e. The zero-order chi connectivity index (χ0) is 13.7. The van der Waals surface area contributed by atoms with Gasteiger partial charge in [0, 0.05) is 27.6 Å². The second-order valence-corrected chi connectivity index (χ2v) is 3.97. The van der Waals surface area contributed by atoms with Gasteiger partial charge < -0.3 is 25.3 Å². The molecule has 0 radical (unpaired) electrons. The summed E-state index contributed by atoms with van der Waals surface area (Å²) in [5.41, 5.74) is 0. The van der Waals surface area contributed by atoms with Gasteiger partial charge >= 0.3 is 5.82 Å². The van der Waals surface area contributed by atoms with Crippen LogP contribution in [0, 0.1) is 17.0 Å². The Labute approximate surface area is 105 Å². The van der Waals surface area contributed by atoms with Crippen LogP contribution in [0.15, 0.2) is 0 Å². The van der Waals surface area contributed by atoms with Crippen LogP contribution < -0.4 is 5.32 Å². The Morgan fingerprint density at radius 3 is 2.89 bits per heavy atom. The molecule has 1 aromatic heterocycles. The zero-order valence-corrected chi connectivity index (χ0v) is 10.7. The number of imidazole rings is 1. The van der Waals surface area contributed by atoms with E-state index in [1.807, 2.05) is 0 Å². The Balaban J connectivity index is 2.64. The molecule has 8 heteroatoms. The van der Waals surface area contributed by atoms with Crippen molar-refractivity contribution in [3.8, 4) is 0 Å². The summed E-state index contributed by atoms with van der Waals surface area (Å²) in [4.78, 5) is 14.1. The molecule has 1 atom stereocenters. The number of methoxy groups -OCH3 is 1. The molecule has 0 spiro atoms. The van der Waals surface area contributed by atoms with Crippen LogP contribution in [0.2, 0.25) is 0 Å². The summed E-state index contributed by atoms with van der Waals surface area (Å²) in [5, 5.41) is 23.2. The quantitative estimate of drug-likeness (QED) is 0.543. The van der Waals surface area contributed by atoms with Crippen molar-refractivity contribution in [1.82, 2.24) is 9.55 Å². The Bertz CT molecular complexity index is 418. The highest BCUT2D eigenvalue weighted by Crippen LogP contribution is 2.23. The molecule has 0 fully saturated rings. The van der Waals surface area contributed by atoms with Crippen molar-refractivity contribution in [1.29, 1.82) is 0 Å². The van der Waals surface area contributed by atoms with Crippen molar-refractivity contribution in [2.45, 2.75) is 19.4 Å². The van der Waals surface area contributed by atoms with Crippen LogP contribution in [-0.2, 0) is 11.8 Å². The van der Waals surface area contributed by atoms with Gasteiger partial charge in [-0.3, -0.25) is 4.57 Å². The number of nitrogens with zero attached hydrogens (tertiary/aromatic N) is 3. The second kappa shape index (κ2) is 6.31.